The minimum absolute atomic E-state index is 0.218. The molecule has 2 unspecified atom stereocenters. The average Bonchev–Trinajstić information content (AvgIpc) is 1.96. The van der Waals surface area contributed by atoms with Gasteiger partial charge in [0.15, 0.2) is 0 Å². The molecule has 2 atom stereocenters. The Morgan fingerprint density at radius 1 is 1.42 bits per heavy atom. The van der Waals surface area contributed by atoms with Gasteiger partial charge in [-0.15, -0.1) is 11.6 Å². The second-order valence-electron chi connectivity index (χ2n) is 3.64. The van der Waals surface area contributed by atoms with Gasteiger partial charge in [-0.3, -0.25) is 0 Å². The van der Waals surface area contributed by atoms with E-state index in [-0.39, 0.29) is 5.38 Å². The van der Waals surface area contributed by atoms with Crippen LogP contribution in [0.5, 0.6) is 0 Å². The summed E-state index contributed by atoms with van der Waals surface area (Å²) >= 11 is 6.23. The number of allylic oxidation sites excluding steroid dienone is 4. The molecule has 0 N–H and O–H groups in total. The molecule has 0 aromatic carbocycles. The van der Waals surface area contributed by atoms with Crippen molar-refractivity contribution in [2.45, 2.75) is 39.0 Å². The zero-order valence-corrected chi connectivity index (χ0v) is 8.86. The van der Waals surface area contributed by atoms with Gasteiger partial charge in [-0.1, -0.05) is 36.6 Å². The number of rotatable bonds is 2. The van der Waals surface area contributed by atoms with Crippen LogP contribution in [-0.4, -0.2) is 5.38 Å². The lowest BCUT2D eigenvalue weighted by atomic mass is 9.86. The first-order valence-electron chi connectivity index (χ1n) is 4.65. The molecule has 1 rings (SSSR count). The standard InChI is InChI=1S/C11H17Cl/c1-4-5-10-9(3)6-8(2)7-11(10)12/h6-7,10-11H,4-5H2,1-3H3. The molecule has 0 radical (unpaired) electrons. The average molecular weight is 185 g/mol. The molecule has 0 saturated heterocycles. The normalized spacial score (nSPS) is 29.7. The molecule has 0 bridgehead atoms. The molecule has 0 spiro atoms. The van der Waals surface area contributed by atoms with Crippen LogP contribution in [-0.2, 0) is 0 Å². The van der Waals surface area contributed by atoms with Crippen LogP contribution < -0.4 is 0 Å². The SMILES string of the molecule is CCCC1C(C)=CC(C)=CC1Cl. The fourth-order valence-electron chi connectivity index (χ4n) is 1.83. The van der Waals surface area contributed by atoms with Gasteiger partial charge < -0.3 is 0 Å². The summed E-state index contributed by atoms with van der Waals surface area (Å²) in [5, 5.41) is 0.218. The molecule has 68 valence electrons. The van der Waals surface area contributed by atoms with Gasteiger partial charge in [0.25, 0.3) is 0 Å². The van der Waals surface area contributed by atoms with Gasteiger partial charge in [0, 0.05) is 0 Å². The molecule has 12 heavy (non-hydrogen) atoms. The first-order chi connectivity index (χ1) is 5.65. The topological polar surface area (TPSA) is 0 Å². The van der Waals surface area contributed by atoms with Crippen molar-refractivity contribution in [3.05, 3.63) is 23.3 Å². The summed E-state index contributed by atoms with van der Waals surface area (Å²) in [6.45, 7) is 6.51. The van der Waals surface area contributed by atoms with E-state index >= 15 is 0 Å². The molecule has 0 fully saturated rings. The monoisotopic (exact) mass is 184 g/mol. The summed E-state index contributed by atoms with van der Waals surface area (Å²) in [6.07, 6.45) is 6.83. The van der Waals surface area contributed by atoms with Crippen LogP contribution in [0.1, 0.15) is 33.6 Å². The molecule has 0 heterocycles. The molecule has 0 aromatic rings. The van der Waals surface area contributed by atoms with Crippen molar-refractivity contribution >= 4 is 11.6 Å². The van der Waals surface area contributed by atoms with E-state index in [4.69, 9.17) is 11.6 Å². The Hall–Kier alpha value is -0.230. The Labute approximate surface area is 80.3 Å². The summed E-state index contributed by atoms with van der Waals surface area (Å²) in [6, 6.07) is 0. The van der Waals surface area contributed by atoms with E-state index in [1.165, 1.54) is 24.0 Å². The van der Waals surface area contributed by atoms with Crippen LogP contribution in [0.3, 0.4) is 0 Å². The Morgan fingerprint density at radius 2 is 2.08 bits per heavy atom. The maximum Gasteiger partial charge on any atom is 0.0586 e. The molecule has 0 aliphatic heterocycles. The summed E-state index contributed by atoms with van der Waals surface area (Å²) in [5.74, 6) is 0.570. The minimum Gasteiger partial charge on any atom is -0.118 e. The van der Waals surface area contributed by atoms with E-state index in [0.717, 1.165) is 0 Å². The summed E-state index contributed by atoms with van der Waals surface area (Å²) in [7, 11) is 0. The first-order valence-corrected chi connectivity index (χ1v) is 5.09. The molecule has 0 saturated carbocycles. The van der Waals surface area contributed by atoms with Gasteiger partial charge in [0.1, 0.15) is 0 Å². The highest BCUT2D eigenvalue weighted by Crippen LogP contribution is 2.30. The molecule has 1 aliphatic rings. The lowest BCUT2D eigenvalue weighted by molar-refractivity contribution is 0.556. The Morgan fingerprint density at radius 3 is 2.58 bits per heavy atom. The van der Waals surface area contributed by atoms with E-state index in [2.05, 4.69) is 32.9 Å². The van der Waals surface area contributed by atoms with Crippen LogP contribution in [0.2, 0.25) is 0 Å². The molecule has 1 aliphatic carbocycles. The van der Waals surface area contributed by atoms with Gasteiger partial charge in [0.2, 0.25) is 0 Å². The maximum absolute atomic E-state index is 6.23. The van der Waals surface area contributed by atoms with Crippen LogP contribution in [0.15, 0.2) is 23.3 Å². The van der Waals surface area contributed by atoms with E-state index < -0.39 is 0 Å². The smallest absolute Gasteiger partial charge is 0.0586 e. The zero-order valence-electron chi connectivity index (χ0n) is 8.10. The number of hydrogen-bond acceptors (Lipinski definition) is 0. The van der Waals surface area contributed by atoms with Gasteiger partial charge in [-0.25, -0.2) is 0 Å². The highest BCUT2D eigenvalue weighted by molar-refractivity contribution is 6.22. The fraction of sp³-hybridized carbons (Fsp3) is 0.636. The molecular formula is C11H17Cl. The zero-order chi connectivity index (χ0) is 9.14. The predicted octanol–water partition coefficient (Wildman–Crippen LogP) is 3.92. The second kappa shape index (κ2) is 4.13. The maximum atomic E-state index is 6.23. The van der Waals surface area contributed by atoms with E-state index in [0.29, 0.717) is 5.92 Å². The number of alkyl halides is 1. The van der Waals surface area contributed by atoms with Crippen molar-refractivity contribution in [1.82, 2.24) is 0 Å². The van der Waals surface area contributed by atoms with Gasteiger partial charge >= 0.3 is 0 Å². The highest BCUT2D eigenvalue weighted by Gasteiger charge is 2.21. The third-order valence-corrected chi connectivity index (χ3v) is 2.88. The third kappa shape index (κ3) is 2.13. The lowest BCUT2D eigenvalue weighted by Crippen LogP contribution is -2.17. The Bertz CT molecular complexity index is 213. The van der Waals surface area contributed by atoms with Crippen molar-refractivity contribution in [2.24, 2.45) is 5.92 Å². The predicted molar refractivity (Wildman–Crippen MR) is 55.6 cm³/mol. The highest BCUT2D eigenvalue weighted by atomic mass is 35.5. The van der Waals surface area contributed by atoms with Crippen LogP contribution in [0.25, 0.3) is 0 Å². The summed E-state index contributed by atoms with van der Waals surface area (Å²) in [5.41, 5.74) is 2.75. The summed E-state index contributed by atoms with van der Waals surface area (Å²) in [4.78, 5) is 0. The van der Waals surface area contributed by atoms with Crippen molar-refractivity contribution in [3.63, 3.8) is 0 Å². The van der Waals surface area contributed by atoms with Crippen molar-refractivity contribution in [3.8, 4) is 0 Å². The quantitative estimate of drug-likeness (QED) is 0.571. The van der Waals surface area contributed by atoms with Crippen molar-refractivity contribution in [2.75, 3.05) is 0 Å². The lowest BCUT2D eigenvalue weighted by Gasteiger charge is -2.24. The van der Waals surface area contributed by atoms with Crippen molar-refractivity contribution < 1.29 is 0 Å². The molecule has 0 aromatic heterocycles. The second-order valence-corrected chi connectivity index (χ2v) is 4.14. The van der Waals surface area contributed by atoms with Crippen LogP contribution in [0.4, 0.5) is 0 Å². The summed E-state index contributed by atoms with van der Waals surface area (Å²) < 4.78 is 0. The number of hydrogen-bond donors (Lipinski definition) is 0. The third-order valence-electron chi connectivity index (χ3n) is 2.45. The van der Waals surface area contributed by atoms with Crippen molar-refractivity contribution in [1.29, 1.82) is 0 Å². The first kappa shape index (κ1) is 9.85. The number of halogens is 1. The minimum atomic E-state index is 0.218. The van der Waals surface area contributed by atoms with Gasteiger partial charge in [-0.05, 0) is 26.2 Å². The molecule has 0 nitrogen and oxygen atoms in total. The molecule has 1 heteroatoms. The molecular weight excluding hydrogens is 168 g/mol. The van der Waals surface area contributed by atoms with Crippen LogP contribution >= 0.6 is 11.6 Å². The fourth-order valence-corrected chi connectivity index (χ4v) is 2.35. The Balaban J connectivity index is 2.72. The van der Waals surface area contributed by atoms with Gasteiger partial charge in [-0.2, -0.15) is 0 Å². The molecule has 0 amide bonds. The van der Waals surface area contributed by atoms with Crippen LogP contribution in [0, 0.1) is 5.92 Å². The Kier molecular flexibility index (Phi) is 3.39. The van der Waals surface area contributed by atoms with Gasteiger partial charge in [0.05, 0.1) is 5.38 Å². The van der Waals surface area contributed by atoms with E-state index in [9.17, 15) is 0 Å². The largest absolute Gasteiger partial charge is 0.118 e. The van der Waals surface area contributed by atoms with E-state index in [1.807, 2.05) is 0 Å². The van der Waals surface area contributed by atoms with E-state index in [1.54, 1.807) is 0 Å².